The van der Waals surface area contributed by atoms with Crippen LogP contribution < -0.4 is 0 Å². The maximum Gasteiger partial charge on any atom is 0.175 e. The molecule has 3 aliphatic rings. The number of ketones is 2. The number of hydrogen-bond acceptors (Lipinski definition) is 4. The van der Waals surface area contributed by atoms with E-state index in [4.69, 9.17) is 4.74 Å². The lowest BCUT2D eigenvalue weighted by molar-refractivity contribution is -0.140. The standard InChI is InChI=1S/C20H28O4/c1-12-5-6-17-19(2,3)9-14(21)10-20(17,4)15(12)8-16(22)13-7-18(23)24-11-13/h7,15,17-18,23H,1,5-6,8-11H2,2-4H3/t15-,17-,18-,20-/m1/s1. The quantitative estimate of drug-likeness (QED) is 0.806. The third kappa shape index (κ3) is 2.91. The third-order valence-corrected chi connectivity index (χ3v) is 6.51. The molecular formula is C20H28O4. The van der Waals surface area contributed by atoms with Gasteiger partial charge in [-0.15, -0.1) is 0 Å². The van der Waals surface area contributed by atoms with Crippen LogP contribution in [0.3, 0.4) is 0 Å². The molecule has 1 aliphatic heterocycles. The topological polar surface area (TPSA) is 63.6 Å². The van der Waals surface area contributed by atoms with E-state index in [0.717, 1.165) is 18.4 Å². The summed E-state index contributed by atoms with van der Waals surface area (Å²) in [5.41, 5.74) is 1.40. The molecule has 1 N–H and O–H groups in total. The van der Waals surface area contributed by atoms with Crippen LogP contribution in [0.25, 0.3) is 0 Å². The number of fused-ring (bicyclic) bond motifs is 1. The summed E-state index contributed by atoms with van der Waals surface area (Å²) in [7, 11) is 0. The Morgan fingerprint density at radius 3 is 2.71 bits per heavy atom. The Labute approximate surface area is 144 Å². The van der Waals surface area contributed by atoms with Gasteiger partial charge in [0.25, 0.3) is 0 Å². The molecule has 0 aromatic carbocycles. The van der Waals surface area contributed by atoms with Gasteiger partial charge in [0.15, 0.2) is 12.1 Å². The fraction of sp³-hybridized carbons (Fsp3) is 0.700. The lowest BCUT2D eigenvalue weighted by Crippen LogP contribution is -2.52. The highest BCUT2D eigenvalue weighted by atomic mass is 16.6. The van der Waals surface area contributed by atoms with E-state index in [1.54, 1.807) is 0 Å². The maximum atomic E-state index is 12.7. The van der Waals surface area contributed by atoms with Crippen LogP contribution in [0.2, 0.25) is 0 Å². The molecule has 4 nitrogen and oxygen atoms in total. The molecule has 0 aromatic rings. The first-order chi connectivity index (χ1) is 11.1. The maximum absolute atomic E-state index is 12.7. The van der Waals surface area contributed by atoms with Gasteiger partial charge in [-0.25, -0.2) is 0 Å². The van der Waals surface area contributed by atoms with Crippen molar-refractivity contribution in [3.05, 3.63) is 23.8 Å². The monoisotopic (exact) mass is 332 g/mol. The van der Waals surface area contributed by atoms with Gasteiger partial charge in [-0.1, -0.05) is 32.9 Å². The Balaban J connectivity index is 1.87. The molecule has 0 amide bonds. The minimum absolute atomic E-state index is 0.00963. The van der Waals surface area contributed by atoms with Crippen molar-refractivity contribution in [1.29, 1.82) is 0 Å². The van der Waals surface area contributed by atoms with Gasteiger partial charge in [0, 0.05) is 24.8 Å². The second kappa shape index (κ2) is 5.92. The number of Topliss-reactive ketones (excluding diaryl/α,β-unsaturated/α-hetero) is 2. The Kier molecular flexibility index (Phi) is 4.33. The predicted octanol–water partition coefficient (Wildman–Crippen LogP) is 3.20. The number of allylic oxidation sites excluding steroid dienone is 1. The van der Waals surface area contributed by atoms with Crippen molar-refractivity contribution in [3.8, 4) is 0 Å². The average Bonchev–Trinajstić information content (AvgIpc) is 2.87. The zero-order valence-electron chi connectivity index (χ0n) is 14.9. The minimum Gasteiger partial charge on any atom is -0.365 e. The first-order valence-corrected chi connectivity index (χ1v) is 8.86. The first kappa shape index (κ1) is 17.6. The molecule has 4 atom stereocenters. The van der Waals surface area contributed by atoms with Crippen LogP contribution in [-0.4, -0.2) is 29.6 Å². The molecule has 24 heavy (non-hydrogen) atoms. The number of aliphatic hydroxyl groups excluding tert-OH is 1. The van der Waals surface area contributed by atoms with Crippen LogP contribution in [0.4, 0.5) is 0 Å². The van der Waals surface area contributed by atoms with Crippen LogP contribution in [0, 0.1) is 22.7 Å². The summed E-state index contributed by atoms with van der Waals surface area (Å²) < 4.78 is 5.05. The number of aliphatic hydroxyl groups is 1. The van der Waals surface area contributed by atoms with E-state index in [2.05, 4.69) is 27.4 Å². The lowest BCUT2D eigenvalue weighted by atomic mass is 9.47. The van der Waals surface area contributed by atoms with Gasteiger partial charge in [0.1, 0.15) is 5.78 Å². The molecule has 0 saturated heterocycles. The van der Waals surface area contributed by atoms with Gasteiger partial charge in [-0.3, -0.25) is 9.59 Å². The van der Waals surface area contributed by atoms with Crippen LogP contribution in [0.15, 0.2) is 23.8 Å². The molecule has 1 heterocycles. The van der Waals surface area contributed by atoms with Crippen LogP contribution in [-0.2, 0) is 14.3 Å². The van der Waals surface area contributed by atoms with E-state index in [-0.39, 0.29) is 29.1 Å². The highest BCUT2D eigenvalue weighted by molar-refractivity contribution is 5.96. The SMILES string of the molecule is C=C1CC[C@@H]2C(C)(C)CC(=O)C[C@]2(C)[C@@H]1CC(=O)C1=C[C@H](O)OC1. The second-order valence-electron chi connectivity index (χ2n) is 8.71. The molecular weight excluding hydrogens is 304 g/mol. The normalized spacial score (nSPS) is 38.7. The number of carbonyl (C=O) groups is 2. The van der Waals surface area contributed by atoms with Crippen LogP contribution in [0.5, 0.6) is 0 Å². The van der Waals surface area contributed by atoms with Crippen molar-refractivity contribution >= 4 is 11.6 Å². The van der Waals surface area contributed by atoms with E-state index in [1.807, 2.05) is 0 Å². The molecule has 0 aromatic heterocycles. The molecule has 132 valence electrons. The molecule has 0 unspecified atom stereocenters. The van der Waals surface area contributed by atoms with Crippen molar-refractivity contribution in [1.82, 2.24) is 0 Å². The lowest BCUT2D eigenvalue weighted by Gasteiger charge is -2.57. The Hall–Kier alpha value is -1.26. The molecule has 0 bridgehead atoms. The Morgan fingerprint density at radius 2 is 2.08 bits per heavy atom. The summed E-state index contributed by atoms with van der Waals surface area (Å²) in [6.45, 7) is 10.9. The average molecular weight is 332 g/mol. The smallest absolute Gasteiger partial charge is 0.175 e. The Morgan fingerprint density at radius 1 is 1.38 bits per heavy atom. The van der Waals surface area contributed by atoms with Crippen LogP contribution in [0.1, 0.15) is 52.9 Å². The molecule has 2 aliphatic carbocycles. The van der Waals surface area contributed by atoms with Crippen molar-refractivity contribution in [2.24, 2.45) is 22.7 Å². The number of ether oxygens (including phenoxy) is 1. The summed E-state index contributed by atoms with van der Waals surface area (Å²) in [5.74, 6) is 0.747. The highest BCUT2D eigenvalue weighted by Gasteiger charge is 2.55. The summed E-state index contributed by atoms with van der Waals surface area (Å²) in [5, 5.41) is 9.43. The highest BCUT2D eigenvalue weighted by Crippen LogP contribution is 2.60. The largest absolute Gasteiger partial charge is 0.365 e. The van der Waals surface area contributed by atoms with E-state index >= 15 is 0 Å². The molecule has 0 radical (unpaired) electrons. The minimum atomic E-state index is -0.975. The predicted molar refractivity (Wildman–Crippen MR) is 91.1 cm³/mol. The summed E-state index contributed by atoms with van der Waals surface area (Å²) in [4.78, 5) is 25.1. The first-order valence-electron chi connectivity index (χ1n) is 8.86. The van der Waals surface area contributed by atoms with E-state index in [1.165, 1.54) is 6.08 Å². The van der Waals surface area contributed by atoms with Gasteiger partial charge < -0.3 is 9.84 Å². The molecule has 3 rings (SSSR count). The molecule has 4 heteroatoms. The van der Waals surface area contributed by atoms with Crippen LogP contribution >= 0.6 is 0 Å². The van der Waals surface area contributed by atoms with Gasteiger partial charge in [-0.05, 0) is 41.6 Å². The van der Waals surface area contributed by atoms with Gasteiger partial charge in [0.2, 0.25) is 0 Å². The van der Waals surface area contributed by atoms with Crippen molar-refractivity contribution in [2.75, 3.05) is 6.61 Å². The number of carbonyl (C=O) groups excluding carboxylic acids is 2. The van der Waals surface area contributed by atoms with Crippen molar-refractivity contribution in [2.45, 2.75) is 59.2 Å². The van der Waals surface area contributed by atoms with E-state index in [9.17, 15) is 14.7 Å². The fourth-order valence-corrected chi connectivity index (χ4v) is 5.50. The van der Waals surface area contributed by atoms with Gasteiger partial charge >= 0.3 is 0 Å². The zero-order valence-corrected chi connectivity index (χ0v) is 14.9. The van der Waals surface area contributed by atoms with Crippen molar-refractivity contribution in [3.63, 3.8) is 0 Å². The summed E-state index contributed by atoms with van der Waals surface area (Å²) in [6, 6.07) is 0. The van der Waals surface area contributed by atoms with Gasteiger partial charge in [0.05, 0.1) is 6.61 Å². The van der Waals surface area contributed by atoms with Crippen molar-refractivity contribution < 1.29 is 19.4 Å². The Bertz CT molecular complexity index is 615. The zero-order chi connectivity index (χ0) is 17.7. The second-order valence-corrected chi connectivity index (χ2v) is 8.71. The van der Waals surface area contributed by atoms with E-state index < -0.39 is 6.29 Å². The molecule has 2 saturated carbocycles. The molecule has 0 spiro atoms. The third-order valence-electron chi connectivity index (χ3n) is 6.51. The van der Waals surface area contributed by atoms with E-state index in [0.29, 0.717) is 36.5 Å². The number of rotatable bonds is 3. The fourth-order valence-electron chi connectivity index (χ4n) is 5.50. The summed E-state index contributed by atoms with van der Waals surface area (Å²) in [6.07, 6.45) is 4.01. The molecule has 2 fully saturated rings. The number of hydrogen-bond donors (Lipinski definition) is 1. The summed E-state index contributed by atoms with van der Waals surface area (Å²) >= 11 is 0. The van der Waals surface area contributed by atoms with Gasteiger partial charge in [-0.2, -0.15) is 0 Å².